The molecule has 0 fully saturated rings. The van der Waals surface area contributed by atoms with Gasteiger partial charge in [-0.05, 0) is 37.3 Å². The topological polar surface area (TPSA) is 93.2 Å². The third-order valence-corrected chi connectivity index (χ3v) is 4.16. The van der Waals surface area contributed by atoms with E-state index in [1.807, 2.05) is 13.0 Å². The van der Waals surface area contributed by atoms with E-state index in [-0.39, 0.29) is 17.7 Å². The largest absolute Gasteiger partial charge is 0.477 e. The Kier molecular flexibility index (Phi) is 4.90. The summed E-state index contributed by atoms with van der Waals surface area (Å²) >= 11 is 1.33. The van der Waals surface area contributed by atoms with Crippen LogP contribution in [0.1, 0.15) is 24.2 Å². The minimum atomic E-state index is -0.335. The number of carbonyl (C=O) groups is 2. The van der Waals surface area contributed by atoms with Crippen LogP contribution in [0.4, 0.5) is 10.8 Å². The second kappa shape index (κ2) is 7.27. The second-order valence-electron chi connectivity index (χ2n) is 5.13. The molecule has 25 heavy (non-hydrogen) atoms. The molecule has 2 amide bonds. The average Bonchev–Trinajstić information content (AvgIpc) is 2.96. The van der Waals surface area contributed by atoms with Crippen molar-refractivity contribution in [2.24, 2.45) is 0 Å². The summed E-state index contributed by atoms with van der Waals surface area (Å²) in [4.78, 5) is 32.1. The number of fused-ring (bicyclic) bond motifs is 1. The Balaban J connectivity index is 1.83. The normalized spacial score (nSPS) is 10.5. The van der Waals surface area contributed by atoms with Crippen molar-refractivity contribution in [1.82, 2.24) is 9.97 Å². The third-order valence-electron chi connectivity index (χ3n) is 3.23. The van der Waals surface area contributed by atoms with Crippen LogP contribution < -0.4 is 15.4 Å². The summed E-state index contributed by atoms with van der Waals surface area (Å²) in [5, 5.41) is 5.95. The highest BCUT2D eigenvalue weighted by atomic mass is 32.1. The van der Waals surface area contributed by atoms with Gasteiger partial charge in [-0.25, -0.2) is 9.97 Å². The first-order chi connectivity index (χ1) is 12.1. The summed E-state index contributed by atoms with van der Waals surface area (Å²) in [5.41, 5.74) is 1.78. The fourth-order valence-corrected chi connectivity index (χ4v) is 3.14. The van der Waals surface area contributed by atoms with Crippen molar-refractivity contribution in [3.63, 3.8) is 0 Å². The van der Waals surface area contributed by atoms with Gasteiger partial charge in [0.05, 0.1) is 16.8 Å². The van der Waals surface area contributed by atoms with Gasteiger partial charge in [-0.15, -0.1) is 0 Å². The lowest BCUT2D eigenvalue weighted by Gasteiger charge is -2.07. The van der Waals surface area contributed by atoms with Gasteiger partial charge in [0, 0.05) is 18.8 Å². The number of hydrogen-bond donors (Lipinski definition) is 2. The smallest absolute Gasteiger partial charge is 0.262 e. The van der Waals surface area contributed by atoms with Crippen LogP contribution in [-0.2, 0) is 4.79 Å². The van der Waals surface area contributed by atoms with Crippen molar-refractivity contribution in [2.45, 2.75) is 13.8 Å². The van der Waals surface area contributed by atoms with E-state index in [0.29, 0.717) is 23.0 Å². The van der Waals surface area contributed by atoms with Crippen molar-refractivity contribution in [3.05, 3.63) is 42.1 Å². The molecular weight excluding hydrogens is 340 g/mol. The van der Waals surface area contributed by atoms with Crippen LogP contribution in [0, 0.1) is 0 Å². The van der Waals surface area contributed by atoms with E-state index in [1.165, 1.54) is 18.3 Å². The molecular formula is C17H16N4O3S. The van der Waals surface area contributed by atoms with Crippen LogP contribution in [0.25, 0.3) is 10.2 Å². The van der Waals surface area contributed by atoms with Crippen LogP contribution in [0.15, 0.2) is 36.5 Å². The molecule has 0 radical (unpaired) electrons. The minimum Gasteiger partial charge on any atom is -0.477 e. The zero-order valence-electron chi connectivity index (χ0n) is 13.7. The molecule has 0 aliphatic carbocycles. The quantitative estimate of drug-likeness (QED) is 0.732. The summed E-state index contributed by atoms with van der Waals surface area (Å²) in [6.45, 7) is 3.70. The maximum Gasteiger partial charge on any atom is 0.262 e. The van der Waals surface area contributed by atoms with Crippen LogP contribution in [0.2, 0.25) is 0 Å². The molecule has 8 heteroatoms. The molecule has 3 aromatic rings. The molecule has 0 spiro atoms. The number of amides is 2. The van der Waals surface area contributed by atoms with E-state index in [2.05, 4.69) is 20.6 Å². The van der Waals surface area contributed by atoms with Crippen molar-refractivity contribution in [2.75, 3.05) is 17.2 Å². The van der Waals surface area contributed by atoms with E-state index < -0.39 is 0 Å². The third kappa shape index (κ3) is 3.92. The molecule has 1 aromatic carbocycles. The summed E-state index contributed by atoms with van der Waals surface area (Å²) in [6, 6.07) is 8.70. The van der Waals surface area contributed by atoms with Crippen LogP contribution in [0.5, 0.6) is 5.88 Å². The van der Waals surface area contributed by atoms with Crippen molar-refractivity contribution >= 4 is 44.2 Å². The Bertz CT molecular complexity index is 939. The molecule has 128 valence electrons. The number of rotatable bonds is 5. The lowest BCUT2D eigenvalue weighted by Crippen LogP contribution is -2.14. The standard InChI is InChI=1S/C17H16N4O3S/c1-3-24-16-12(5-4-8-18-16)15(23)21-17-20-13-7-6-11(19-10(2)22)9-14(13)25-17/h4-9H,3H2,1-2H3,(H,19,22)(H,20,21,23). The van der Waals surface area contributed by atoms with Gasteiger partial charge in [-0.1, -0.05) is 11.3 Å². The summed E-state index contributed by atoms with van der Waals surface area (Å²) < 4.78 is 6.24. The maximum absolute atomic E-state index is 12.5. The first kappa shape index (κ1) is 16.8. The van der Waals surface area contributed by atoms with Crippen molar-refractivity contribution in [1.29, 1.82) is 0 Å². The highest BCUT2D eigenvalue weighted by molar-refractivity contribution is 7.22. The lowest BCUT2D eigenvalue weighted by molar-refractivity contribution is -0.114. The van der Waals surface area contributed by atoms with Gasteiger partial charge in [0.15, 0.2) is 5.13 Å². The molecule has 0 aliphatic heterocycles. The zero-order valence-corrected chi connectivity index (χ0v) is 14.5. The van der Waals surface area contributed by atoms with Gasteiger partial charge in [-0.3, -0.25) is 14.9 Å². The number of nitrogens with one attached hydrogen (secondary N) is 2. The van der Waals surface area contributed by atoms with E-state index in [9.17, 15) is 9.59 Å². The Morgan fingerprint density at radius 2 is 2.08 bits per heavy atom. The van der Waals surface area contributed by atoms with Crippen LogP contribution >= 0.6 is 11.3 Å². The first-order valence-corrected chi connectivity index (χ1v) is 8.46. The molecule has 2 heterocycles. The molecule has 0 saturated carbocycles. The predicted molar refractivity (Wildman–Crippen MR) is 97.3 cm³/mol. The molecule has 2 aromatic heterocycles. The first-order valence-electron chi connectivity index (χ1n) is 7.64. The summed E-state index contributed by atoms with van der Waals surface area (Å²) in [6.07, 6.45) is 1.57. The van der Waals surface area contributed by atoms with Gasteiger partial charge in [0.2, 0.25) is 11.8 Å². The highest BCUT2D eigenvalue weighted by Gasteiger charge is 2.15. The van der Waals surface area contributed by atoms with E-state index in [0.717, 1.165) is 10.2 Å². The SMILES string of the molecule is CCOc1ncccc1C(=O)Nc1nc2ccc(NC(C)=O)cc2s1. The fourth-order valence-electron chi connectivity index (χ4n) is 2.24. The number of anilines is 2. The molecule has 0 aliphatic rings. The van der Waals surface area contributed by atoms with E-state index in [4.69, 9.17) is 4.74 Å². The molecule has 7 nitrogen and oxygen atoms in total. The monoisotopic (exact) mass is 356 g/mol. The highest BCUT2D eigenvalue weighted by Crippen LogP contribution is 2.29. The van der Waals surface area contributed by atoms with Gasteiger partial charge in [0.1, 0.15) is 5.56 Å². The number of thiazole rings is 1. The Hall–Kier alpha value is -3.00. The molecule has 0 saturated heterocycles. The average molecular weight is 356 g/mol. The van der Waals surface area contributed by atoms with E-state index >= 15 is 0 Å². The lowest BCUT2D eigenvalue weighted by atomic mass is 10.2. The van der Waals surface area contributed by atoms with Crippen LogP contribution in [-0.4, -0.2) is 28.4 Å². The number of pyridine rings is 1. The number of benzene rings is 1. The summed E-state index contributed by atoms with van der Waals surface area (Å²) in [5.74, 6) is -0.188. The number of hydrogen-bond acceptors (Lipinski definition) is 6. The number of ether oxygens (including phenoxy) is 1. The molecule has 3 rings (SSSR count). The molecule has 2 N–H and O–H groups in total. The Morgan fingerprint density at radius 3 is 2.84 bits per heavy atom. The Morgan fingerprint density at radius 1 is 1.24 bits per heavy atom. The van der Waals surface area contributed by atoms with Gasteiger partial charge in [-0.2, -0.15) is 0 Å². The van der Waals surface area contributed by atoms with E-state index in [1.54, 1.807) is 30.5 Å². The molecule has 0 atom stereocenters. The van der Waals surface area contributed by atoms with Gasteiger partial charge < -0.3 is 10.1 Å². The number of carbonyl (C=O) groups excluding carboxylic acids is 2. The van der Waals surface area contributed by atoms with Crippen LogP contribution in [0.3, 0.4) is 0 Å². The van der Waals surface area contributed by atoms with Gasteiger partial charge in [0.25, 0.3) is 5.91 Å². The number of aromatic nitrogens is 2. The maximum atomic E-state index is 12.5. The fraction of sp³-hybridized carbons (Fsp3) is 0.176. The minimum absolute atomic E-state index is 0.141. The molecule has 0 bridgehead atoms. The summed E-state index contributed by atoms with van der Waals surface area (Å²) in [7, 11) is 0. The Labute approximate surface area is 148 Å². The predicted octanol–water partition coefficient (Wildman–Crippen LogP) is 3.30. The van der Waals surface area contributed by atoms with Crippen molar-refractivity contribution in [3.8, 4) is 5.88 Å². The van der Waals surface area contributed by atoms with Crippen molar-refractivity contribution < 1.29 is 14.3 Å². The second-order valence-corrected chi connectivity index (χ2v) is 6.16. The number of nitrogens with zero attached hydrogens (tertiary/aromatic N) is 2. The zero-order chi connectivity index (χ0) is 17.8. The molecule has 0 unspecified atom stereocenters. The van der Waals surface area contributed by atoms with Gasteiger partial charge >= 0.3 is 0 Å².